The van der Waals surface area contributed by atoms with Gasteiger partial charge in [-0.05, 0) is 18.4 Å². The molecule has 32 heavy (non-hydrogen) atoms. The Morgan fingerprint density at radius 1 is 1.31 bits per heavy atom. The lowest BCUT2D eigenvalue weighted by molar-refractivity contribution is 0.554. The van der Waals surface area contributed by atoms with Crippen LogP contribution in [0.15, 0.2) is 94.3 Å². The number of hydrogen-bond acceptors (Lipinski definition) is 6. The second-order valence-corrected chi connectivity index (χ2v) is 7.79. The highest BCUT2D eigenvalue weighted by Gasteiger charge is 2.20. The summed E-state index contributed by atoms with van der Waals surface area (Å²) in [6.07, 6.45) is 13.3. The minimum absolute atomic E-state index is 0.196. The molecule has 0 saturated carbocycles. The van der Waals surface area contributed by atoms with E-state index in [0.717, 1.165) is 53.3 Å². The Morgan fingerprint density at radius 2 is 2.03 bits per heavy atom. The van der Waals surface area contributed by atoms with Crippen molar-refractivity contribution < 1.29 is 0 Å². The third-order valence-electron chi connectivity index (χ3n) is 4.98. The lowest BCUT2D eigenvalue weighted by atomic mass is 9.92. The van der Waals surface area contributed by atoms with Crippen LogP contribution < -0.4 is 16.4 Å². The molecule has 6 nitrogen and oxygen atoms in total. The summed E-state index contributed by atoms with van der Waals surface area (Å²) < 4.78 is 0. The van der Waals surface area contributed by atoms with Gasteiger partial charge in [0.25, 0.3) is 0 Å². The number of nitrogens with two attached hydrogens (primary N) is 1. The maximum absolute atomic E-state index is 6.74. The molecule has 0 amide bonds. The molecule has 0 saturated heterocycles. The van der Waals surface area contributed by atoms with Crippen molar-refractivity contribution in [3.63, 3.8) is 0 Å². The van der Waals surface area contributed by atoms with Crippen LogP contribution in [0.25, 0.3) is 0 Å². The van der Waals surface area contributed by atoms with Gasteiger partial charge in [0.1, 0.15) is 5.82 Å². The molecule has 0 spiro atoms. The molecule has 0 unspecified atom stereocenters. The normalized spacial score (nSPS) is 16.6. The van der Waals surface area contributed by atoms with E-state index in [0.29, 0.717) is 12.2 Å². The number of hydrogen-bond donors (Lipinski definition) is 3. The van der Waals surface area contributed by atoms with Gasteiger partial charge in [0.2, 0.25) is 0 Å². The van der Waals surface area contributed by atoms with E-state index in [1.54, 1.807) is 25.4 Å². The Balaban J connectivity index is 3.48. The number of nitrogens with one attached hydrogen (secondary N) is 2. The molecular formula is C26H40N6. The SMILES string of the molecule is C=CC(C(=NC)C(C)C)=C(N)C(=C\NCC(=C)NCCCC)/C(C=C)=C1\N=CC=CN1C. The van der Waals surface area contributed by atoms with Crippen LogP contribution in [0.3, 0.4) is 0 Å². The summed E-state index contributed by atoms with van der Waals surface area (Å²) >= 11 is 0. The van der Waals surface area contributed by atoms with Crippen LogP contribution in [0.1, 0.15) is 33.6 Å². The molecule has 1 aliphatic heterocycles. The molecule has 0 aromatic rings. The van der Waals surface area contributed by atoms with Gasteiger partial charge in [-0.3, -0.25) is 4.99 Å². The van der Waals surface area contributed by atoms with Crippen molar-refractivity contribution in [2.24, 2.45) is 21.6 Å². The third-order valence-corrected chi connectivity index (χ3v) is 4.98. The predicted molar refractivity (Wildman–Crippen MR) is 140 cm³/mol. The zero-order chi connectivity index (χ0) is 24.1. The monoisotopic (exact) mass is 436 g/mol. The highest BCUT2D eigenvalue weighted by molar-refractivity contribution is 6.05. The van der Waals surface area contributed by atoms with Crippen molar-refractivity contribution in [3.8, 4) is 0 Å². The molecule has 0 fully saturated rings. The summed E-state index contributed by atoms with van der Waals surface area (Å²) in [5, 5.41) is 6.68. The topological polar surface area (TPSA) is 78.0 Å². The quantitative estimate of drug-likeness (QED) is 0.227. The molecule has 4 N–H and O–H groups in total. The molecule has 1 aliphatic rings. The molecule has 1 heterocycles. The first kappa shape index (κ1) is 26.8. The van der Waals surface area contributed by atoms with Gasteiger partial charge >= 0.3 is 0 Å². The van der Waals surface area contributed by atoms with Crippen molar-refractivity contribution in [2.75, 3.05) is 27.2 Å². The number of nitrogens with zero attached hydrogens (tertiary/aromatic N) is 3. The molecule has 0 aromatic carbocycles. The fourth-order valence-corrected chi connectivity index (χ4v) is 3.29. The predicted octanol–water partition coefficient (Wildman–Crippen LogP) is 4.42. The Kier molecular flexibility index (Phi) is 11.6. The summed E-state index contributed by atoms with van der Waals surface area (Å²) in [5.41, 5.74) is 11.5. The van der Waals surface area contributed by atoms with Crippen molar-refractivity contribution in [1.29, 1.82) is 0 Å². The highest BCUT2D eigenvalue weighted by atomic mass is 15.2. The lowest BCUT2D eigenvalue weighted by Gasteiger charge is -2.23. The van der Waals surface area contributed by atoms with Gasteiger partial charge in [-0.2, -0.15) is 0 Å². The van der Waals surface area contributed by atoms with E-state index < -0.39 is 0 Å². The summed E-state index contributed by atoms with van der Waals surface area (Å²) in [6, 6.07) is 0. The summed E-state index contributed by atoms with van der Waals surface area (Å²) in [7, 11) is 3.72. The maximum atomic E-state index is 6.74. The smallest absolute Gasteiger partial charge is 0.140 e. The van der Waals surface area contributed by atoms with Crippen LogP contribution in [-0.2, 0) is 0 Å². The molecule has 0 bridgehead atoms. The average molecular weight is 437 g/mol. The van der Waals surface area contributed by atoms with E-state index in [4.69, 9.17) is 5.73 Å². The minimum atomic E-state index is 0.196. The van der Waals surface area contributed by atoms with E-state index in [9.17, 15) is 0 Å². The maximum Gasteiger partial charge on any atom is 0.140 e. The Hall–Kier alpha value is -3.28. The Morgan fingerprint density at radius 3 is 2.56 bits per heavy atom. The fourth-order valence-electron chi connectivity index (χ4n) is 3.29. The van der Waals surface area contributed by atoms with Crippen molar-refractivity contribution in [1.82, 2.24) is 15.5 Å². The second kappa shape index (κ2) is 13.9. The van der Waals surface area contributed by atoms with Crippen molar-refractivity contribution >= 4 is 11.9 Å². The van der Waals surface area contributed by atoms with Crippen LogP contribution in [0.5, 0.6) is 0 Å². The minimum Gasteiger partial charge on any atom is -0.398 e. The molecule has 0 aromatic heterocycles. The molecule has 6 heteroatoms. The van der Waals surface area contributed by atoms with Crippen molar-refractivity contribution in [3.05, 3.63) is 84.3 Å². The number of allylic oxidation sites excluding steroid dienone is 5. The number of rotatable bonds is 13. The average Bonchev–Trinajstić information content (AvgIpc) is 2.77. The van der Waals surface area contributed by atoms with Gasteiger partial charge in [0.15, 0.2) is 0 Å². The van der Waals surface area contributed by atoms with Gasteiger partial charge in [-0.25, -0.2) is 4.99 Å². The zero-order valence-corrected chi connectivity index (χ0v) is 20.4. The molecule has 1 rings (SSSR count). The summed E-state index contributed by atoms with van der Waals surface area (Å²) in [6.45, 7) is 20.0. The van der Waals surface area contributed by atoms with E-state index in [1.165, 1.54) is 0 Å². The highest BCUT2D eigenvalue weighted by Crippen LogP contribution is 2.27. The van der Waals surface area contributed by atoms with E-state index in [2.05, 4.69) is 61.1 Å². The van der Waals surface area contributed by atoms with Gasteiger partial charge in [-0.1, -0.05) is 59.1 Å². The molecule has 0 aliphatic carbocycles. The van der Waals surface area contributed by atoms with Crippen LogP contribution >= 0.6 is 0 Å². The first-order chi connectivity index (χ1) is 15.3. The molecule has 174 valence electrons. The Labute approximate surface area is 194 Å². The molecular weight excluding hydrogens is 396 g/mol. The largest absolute Gasteiger partial charge is 0.398 e. The van der Waals surface area contributed by atoms with Crippen LogP contribution in [-0.4, -0.2) is 44.0 Å². The van der Waals surface area contributed by atoms with Gasteiger partial charge in [0.05, 0.1) is 12.2 Å². The lowest BCUT2D eigenvalue weighted by Crippen LogP contribution is -2.24. The molecule has 0 atom stereocenters. The second-order valence-electron chi connectivity index (χ2n) is 7.79. The standard InChI is InChI=1S/C26H40N6/c1-9-12-14-30-20(6)17-29-18-23(21(10-2)26-31-15-13-16-32(26)8)24(27)22(11-3)25(28-7)19(4)5/h10-11,13,15-16,18-19,29-30H,2-3,6,9,12,14,17,27H2,1,4-5,7-8H3/b23-18-,24-22?,26-21+,28-25?. The van der Waals surface area contributed by atoms with Gasteiger partial charge in [-0.15, -0.1) is 0 Å². The van der Waals surface area contributed by atoms with Crippen LogP contribution in [0.2, 0.25) is 0 Å². The van der Waals surface area contributed by atoms with E-state index >= 15 is 0 Å². The van der Waals surface area contributed by atoms with Gasteiger partial charge in [0, 0.05) is 67.4 Å². The number of unbranched alkanes of at least 4 members (excludes halogenated alkanes) is 1. The zero-order valence-electron chi connectivity index (χ0n) is 20.4. The fraction of sp³-hybridized carbons (Fsp3) is 0.385. The summed E-state index contributed by atoms with van der Waals surface area (Å²) in [4.78, 5) is 11.0. The van der Waals surface area contributed by atoms with E-state index in [1.807, 2.05) is 30.4 Å². The summed E-state index contributed by atoms with van der Waals surface area (Å²) in [5.74, 6) is 0.947. The third kappa shape index (κ3) is 7.45. The first-order valence-corrected chi connectivity index (χ1v) is 11.1. The van der Waals surface area contributed by atoms with Gasteiger partial charge < -0.3 is 21.3 Å². The van der Waals surface area contributed by atoms with E-state index in [-0.39, 0.29) is 5.92 Å². The molecule has 0 radical (unpaired) electrons. The van der Waals surface area contributed by atoms with Crippen LogP contribution in [0.4, 0.5) is 0 Å². The first-order valence-electron chi connectivity index (χ1n) is 11.1. The Bertz CT molecular complexity index is 865. The van der Waals surface area contributed by atoms with Crippen LogP contribution in [0, 0.1) is 5.92 Å². The number of aliphatic imine (C=N–C) groups is 2. The van der Waals surface area contributed by atoms with Crippen molar-refractivity contribution in [2.45, 2.75) is 33.6 Å².